The minimum absolute atomic E-state index is 0.225. The van der Waals surface area contributed by atoms with Gasteiger partial charge in [-0.25, -0.2) is 0 Å². The second-order valence-electron chi connectivity index (χ2n) is 2.44. The van der Waals surface area contributed by atoms with Crippen LogP contribution in [0, 0.1) is 0 Å². The van der Waals surface area contributed by atoms with Crippen molar-refractivity contribution >= 4 is 15.1 Å². The van der Waals surface area contributed by atoms with Crippen molar-refractivity contribution in [1.29, 1.82) is 0 Å². The summed E-state index contributed by atoms with van der Waals surface area (Å²) in [5, 5.41) is 2.81. The smallest absolute Gasteiger partial charge is 0.511 e. The number of carbonyl (C=O) groups excluding carboxylic acids is 1. The maximum Gasteiger partial charge on any atom is 0.761 e. The highest BCUT2D eigenvalue weighted by atomic mass is 28.3. The van der Waals surface area contributed by atoms with Crippen LogP contribution in [-0.2, 0) is 9.26 Å². The molecule has 0 spiro atoms. The minimum atomic E-state index is -3.13. The molecular weight excluding hydrogens is 178 g/mol. The summed E-state index contributed by atoms with van der Waals surface area (Å²) in [5.41, 5.74) is 0. The third kappa shape index (κ3) is 9.09. The van der Waals surface area contributed by atoms with Crippen molar-refractivity contribution in [2.45, 2.75) is 25.7 Å². The lowest BCUT2D eigenvalue weighted by atomic mass is 10.2. The van der Waals surface area contributed by atoms with Crippen LogP contribution in [0.25, 0.3) is 0 Å². The molecule has 1 heterocycles. The van der Waals surface area contributed by atoms with Gasteiger partial charge in [0.15, 0.2) is 0 Å². The van der Waals surface area contributed by atoms with Crippen molar-refractivity contribution in [3.05, 3.63) is 0 Å². The van der Waals surface area contributed by atoms with Crippen LogP contribution in [0.2, 0.25) is 0 Å². The number of nitrogens with one attached hydrogen (secondary N) is 1. The lowest BCUT2D eigenvalue weighted by Gasteiger charge is -1.93. The lowest BCUT2D eigenvalue weighted by molar-refractivity contribution is -0.120. The van der Waals surface area contributed by atoms with Gasteiger partial charge in [-0.1, -0.05) is 6.42 Å². The molecular formula is C6H13NO4Si. The minimum Gasteiger partial charge on any atom is -0.511 e. The van der Waals surface area contributed by atoms with Gasteiger partial charge in [-0.15, -0.1) is 0 Å². The van der Waals surface area contributed by atoms with Crippen LogP contribution >= 0.6 is 0 Å². The molecule has 0 aromatic heterocycles. The van der Waals surface area contributed by atoms with E-state index in [-0.39, 0.29) is 5.91 Å². The Morgan fingerprint density at radius 3 is 2.42 bits per heavy atom. The molecule has 70 valence electrons. The van der Waals surface area contributed by atoms with Crippen molar-refractivity contribution in [3.63, 3.8) is 0 Å². The highest BCUT2D eigenvalue weighted by Crippen LogP contribution is 2.02. The third-order valence-corrected chi connectivity index (χ3v) is 1.40. The molecule has 0 aromatic carbocycles. The molecule has 6 heteroatoms. The third-order valence-electron chi connectivity index (χ3n) is 1.40. The first-order valence-corrected chi connectivity index (χ1v) is 5.12. The topological polar surface area (TPSA) is 86.6 Å². The van der Waals surface area contributed by atoms with Gasteiger partial charge in [-0.05, 0) is 12.8 Å². The monoisotopic (exact) mass is 191 g/mol. The van der Waals surface area contributed by atoms with Gasteiger partial charge in [0, 0.05) is 13.0 Å². The number of hydrogen-bond acceptors (Lipinski definition) is 2. The fraction of sp³-hybridized carbons (Fsp3) is 0.833. The molecule has 3 N–H and O–H groups in total. The first kappa shape index (κ1) is 11.1. The largest absolute Gasteiger partial charge is 0.761 e. The SMILES string of the molecule is O=C1CCCCCN1.O=[Si](O)O. The van der Waals surface area contributed by atoms with Crippen LogP contribution in [0.4, 0.5) is 0 Å². The van der Waals surface area contributed by atoms with Crippen molar-refractivity contribution < 1.29 is 18.8 Å². The van der Waals surface area contributed by atoms with Crippen molar-refractivity contribution in [2.24, 2.45) is 0 Å². The second kappa shape index (κ2) is 6.78. The van der Waals surface area contributed by atoms with Crippen LogP contribution in [0.15, 0.2) is 0 Å². The van der Waals surface area contributed by atoms with E-state index in [9.17, 15) is 4.79 Å². The number of hydrogen-bond donors (Lipinski definition) is 3. The zero-order chi connectivity index (χ0) is 9.40. The summed E-state index contributed by atoms with van der Waals surface area (Å²) in [5.74, 6) is 0.225. The van der Waals surface area contributed by atoms with Crippen molar-refractivity contribution in [2.75, 3.05) is 6.54 Å². The molecule has 0 atom stereocenters. The van der Waals surface area contributed by atoms with E-state index in [0.29, 0.717) is 0 Å². The molecule has 1 aliphatic rings. The van der Waals surface area contributed by atoms with E-state index in [1.165, 1.54) is 6.42 Å². The standard InChI is InChI=1S/C6H11NO.H2O3Si/c8-6-4-2-1-3-5-7-6;1-4(2)3/h1-5H2,(H,7,8);1-2H. The molecule has 1 rings (SSSR count). The Hall–Kier alpha value is -0.913. The van der Waals surface area contributed by atoms with Gasteiger partial charge in [0.2, 0.25) is 5.91 Å². The van der Waals surface area contributed by atoms with E-state index in [1.54, 1.807) is 0 Å². The summed E-state index contributed by atoms with van der Waals surface area (Å²) in [6, 6.07) is 0. The van der Waals surface area contributed by atoms with Crippen molar-refractivity contribution in [1.82, 2.24) is 5.32 Å². The fourth-order valence-electron chi connectivity index (χ4n) is 0.904. The Balaban J connectivity index is 0.000000261. The first-order chi connectivity index (χ1) is 5.63. The van der Waals surface area contributed by atoms with E-state index >= 15 is 0 Å². The molecule has 12 heavy (non-hydrogen) atoms. The highest BCUT2D eigenvalue weighted by molar-refractivity contribution is 6.22. The molecule has 0 bridgehead atoms. The lowest BCUT2D eigenvalue weighted by Crippen LogP contribution is -2.21. The Kier molecular flexibility index (Phi) is 6.26. The van der Waals surface area contributed by atoms with Gasteiger partial charge >= 0.3 is 9.17 Å². The average molecular weight is 191 g/mol. The number of amides is 1. The summed E-state index contributed by atoms with van der Waals surface area (Å²) >= 11 is 0. The van der Waals surface area contributed by atoms with Gasteiger partial charge in [0.05, 0.1) is 0 Å². The van der Waals surface area contributed by atoms with Crippen LogP contribution in [0.3, 0.4) is 0 Å². The number of rotatable bonds is 0. The molecule has 0 unspecified atom stereocenters. The van der Waals surface area contributed by atoms with E-state index in [4.69, 9.17) is 14.1 Å². The summed E-state index contributed by atoms with van der Waals surface area (Å²) in [6.45, 7) is 0.888. The molecule has 0 radical (unpaired) electrons. The fourth-order valence-corrected chi connectivity index (χ4v) is 0.904. The van der Waals surface area contributed by atoms with Crippen LogP contribution in [0.1, 0.15) is 25.7 Å². The molecule has 1 amide bonds. The highest BCUT2D eigenvalue weighted by Gasteiger charge is 2.03. The van der Waals surface area contributed by atoms with Gasteiger partial charge in [-0.2, -0.15) is 0 Å². The van der Waals surface area contributed by atoms with Gasteiger partial charge in [0.25, 0.3) is 0 Å². The predicted molar refractivity (Wildman–Crippen MR) is 42.4 cm³/mol. The molecule has 1 aliphatic heterocycles. The summed E-state index contributed by atoms with van der Waals surface area (Å²) in [6.07, 6.45) is 4.18. The van der Waals surface area contributed by atoms with E-state index in [0.717, 1.165) is 25.8 Å². The molecule has 1 fully saturated rings. The maximum absolute atomic E-state index is 10.6. The molecule has 1 saturated heterocycles. The number of carbonyl (C=O) groups is 1. The van der Waals surface area contributed by atoms with Crippen LogP contribution in [-0.4, -0.2) is 31.2 Å². The zero-order valence-corrected chi connectivity index (χ0v) is 7.75. The Morgan fingerprint density at radius 1 is 1.25 bits per heavy atom. The Morgan fingerprint density at radius 2 is 1.83 bits per heavy atom. The average Bonchev–Trinajstić information content (AvgIpc) is 2.14. The van der Waals surface area contributed by atoms with E-state index in [1.807, 2.05) is 0 Å². The van der Waals surface area contributed by atoms with Crippen LogP contribution in [0.5, 0.6) is 0 Å². The molecule has 0 aromatic rings. The predicted octanol–water partition coefficient (Wildman–Crippen LogP) is -0.937. The van der Waals surface area contributed by atoms with Gasteiger partial charge in [-0.3, -0.25) is 9.26 Å². The normalized spacial score (nSPS) is 16.5. The summed E-state index contributed by atoms with van der Waals surface area (Å²) < 4.78 is 8.74. The van der Waals surface area contributed by atoms with E-state index in [2.05, 4.69) is 5.32 Å². The summed E-state index contributed by atoms with van der Waals surface area (Å²) in [7, 11) is -3.13. The first-order valence-electron chi connectivity index (χ1n) is 3.81. The maximum atomic E-state index is 10.6. The Labute approximate surface area is 72.3 Å². The molecule has 0 aliphatic carbocycles. The second-order valence-corrected chi connectivity index (χ2v) is 3.01. The quantitative estimate of drug-likeness (QED) is 0.431. The Bertz CT molecular complexity index is 148. The van der Waals surface area contributed by atoms with Crippen LogP contribution < -0.4 is 5.32 Å². The van der Waals surface area contributed by atoms with E-state index < -0.39 is 9.17 Å². The van der Waals surface area contributed by atoms with Gasteiger partial charge < -0.3 is 14.9 Å². The zero-order valence-electron chi connectivity index (χ0n) is 6.75. The van der Waals surface area contributed by atoms with Gasteiger partial charge in [0.1, 0.15) is 0 Å². The van der Waals surface area contributed by atoms with Crippen molar-refractivity contribution in [3.8, 4) is 0 Å². The molecule has 0 saturated carbocycles. The summed E-state index contributed by atoms with van der Waals surface area (Å²) in [4.78, 5) is 24.9. The molecule has 5 nitrogen and oxygen atoms in total.